The van der Waals surface area contributed by atoms with Crippen LogP contribution in [-0.2, 0) is 4.79 Å². The molecule has 7 nitrogen and oxygen atoms in total. The predicted molar refractivity (Wildman–Crippen MR) is 97.2 cm³/mol. The van der Waals surface area contributed by atoms with Crippen molar-refractivity contribution in [1.82, 2.24) is 10.9 Å². The van der Waals surface area contributed by atoms with E-state index in [1.165, 1.54) is 31.2 Å². The zero-order valence-electron chi connectivity index (χ0n) is 14.3. The molecule has 1 heterocycles. The van der Waals surface area contributed by atoms with Gasteiger partial charge in [-0.2, -0.15) is 0 Å². The molecule has 2 aromatic carbocycles. The minimum absolute atomic E-state index is 0.300. The Morgan fingerprint density at radius 1 is 1.11 bits per heavy atom. The van der Waals surface area contributed by atoms with Gasteiger partial charge < -0.3 is 14.2 Å². The Hall–Kier alpha value is -2.81. The maximum Gasteiger partial charge on any atom is 0.279 e. The lowest BCUT2D eigenvalue weighted by Gasteiger charge is -2.19. The molecule has 1 aliphatic rings. The normalized spacial score (nSPS) is 13.4. The van der Waals surface area contributed by atoms with Gasteiger partial charge in [-0.3, -0.25) is 20.4 Å². The van der Waals surface area contributed by atoms with E-state index in [-0.39, 0.29) is 0 Å². The van der Waals surface area contributed by atoms with Gasteiger partial charge in [-0.05, 0) is 59.3 Å². The molecule has 1 aliphatic heterocycles. The number of amides is 2. The standard InChI is InChI=1S/C18H16BrFN2O5/c1-10(27-14-5-3-12(20)9-13(14)19)17(23)21-22-18(24)11-2-4-15-16(8-11)26-7-6-25-15/h2-5,8-10H,6-7H2,1H3,(H,21,23)(H,22,24). The summed E-state index contributed by atoms with van der Waals surface area (Å²) in [5.74, 6) is -0.186. The fourth-order valence-corrected chi connectivity index (χ4v) is 2.74. The minimum Gasteiger partial charge on any atom is -0.486 e. The molecule has 0 radical (unpaired) electrons. The van der Waals surface area contributed by atoms with Crippen molar-refractivity contribution >= 4 is 27.7 Å². The Morgan fingerprint density at radius 2 is 1.85 bits per heavy atom. The molecule has 3 rings (SSSR count). The van der Waals surface area contributed by atoms with Crippen LogP contribution in [0.4, 0.5) is 4.39 Å². The van der Waals surface area contributed by atoms with E-state index in [0.29, 0.717) is 40.5 Å². The third kappa shape index (κ3) is 4.68. The summed E-state index contributed by atoms with van der Waals surface area (Å²) in [6, 6.07) is 8.56. The van der Waals surface area contributed by atoms with Crippen LogP contribution in [0.5, 0.6) is 17.2 Å². The van der Waals surface area contributed by atoms with Crippen LogP contribution in [0, 0.1) is 5.82 Å². The summed E-state index contributed by atoms with van der Waals surface area (Å²) in [6.07, 6.45) is -0.924. The number of ether oxygens (including phenoxy) is 3. The number of hydrogen-bond acceptors (Lipinski definition) is 5. The second kappa shape index (κ2) is 8.26. The van der Waals surface area contributed by atoms with Crippen molar-refractivity contribution in [3.63, 3.8) is 0 Å². The van der Waals surface area contributed by atoms with E-state index >= 15 is 0 Å². The van der Waals surface area contributed by atoms with Crippen LogP contribution in [0.25, 0.3) is 0 Å². The molecule has 0 bridgehead atoms. The lowest BCUT2D eigenvalue weighted by atomic mass is 10.2. The van der Waals surface area contributed by atoms with Crippen molar-refractivity contribution in [2.75, 3.05) is 13.2 Å². The van der Waals surface area contributed by atoms with Crippen LogP contribution >= 0.6 is 15.9 Å². The smallest absolute Gasteiger partial charge is 0.279 e. The highest BCUT2D eigenvalue weighted by Crippen LogP contribution is 2.30. The summed E-state index contributed by atoms with van der Waals surface area (Å²) in [6.45, 7) is 2.36. The van der Waals surface area contributed by atoms with Crippen LogP contribution in [0.2, 0.25) is 0 Å². The zero-order chi connectivity index (χ0) is 19.4. The average Bonchev–Trinajstić information content (AvgIpc) is 2.67. The first-order chi connectivity index (χ1) is 12.9. The number of carbonyl (C=O) groups is 2. The molecular weight excluding hydrogens is 423 g/mol. The van der Waals surface area contributed by atoms with Crippen molar-refractivity contribution in [2.24, 2.45) is 0 Å². The van der Waals surface area contributed by atoms with Crippen LogP contribution in [0.1, 0.15) is 17.3 Å². The van der Waals surface area contributed by atoms with Crippen molar-refractivity contribution in [2.45, 2.75) is 13.0 Å². The maximum atomic E-state index is 13.1. The van der Waals surface area contributed by atoms with Gasteiger partial charge in [-0.25, -0.2) is 4.39 Å². The van der Waals surface area contributed by atoms with Gasteiger partial charge in [0.1, 0.15) is 24.8 Å². The second-order valence-electron chi connectivity index (χ2n) is 5.64. The number of fused-ring (bicyclic) bond motifs is 1. The number of rotatable bonds is 4. The molecule has 27 heavy (non-hydrogen) atoms. The fraction of sp³-hybridized carbons (Fsp3) is 0.222. The topological polar surface area (TPSA) is 85.9 Å². The van der Waals surface area contributed by atoms with E-state index in [2.05, 4.69) is 26.8 Å². The first-order valence-electron chi connectivity index (χ1n) is 8.05. The monoisotopic (exact) mass is 438 g/mol. The van der Waals surface area contributed by atoms with Crippen LogP contribution < -0.4 is 25.1 Å². The van der Waals surface area contributed by atoms with E-state index in [4.69, 9.17) is 14.2 Å². The Balaban J connectivity index is 1.55. The van der Waals surface area contributed by atoms with Gasteiger partial charge >= 0.3 is 0 Å². The summed E-state index contributed by atoms with van der Waals surface area (Å²) >= 11 is 3.16. The minimum atomic E-state index is -0.924. The number of nitrogens with one attached hydrogen (secondary N) is 2. The highest BCUT2D eigenvalue weighted by atomic mass is 79.9. The molecule has 0 saturated carbocycles. The van der Waals surface area contributed by atoms with E-state index in [1.54, 1.807) is 12.1 Å². The number of hydrogen-bond donors (Lipinski definition) is 2. The molecule has 0 aromatic heterocycles. The summed E-state index contributed by atoms with van der Waals surface area (Å²) in [7, 11) is 0. The average molecular weight is 439 g/mol. The fourth-order valence-electron chi connectivity index (χ4n) is 2.29. The lowest BCUT2D eigenvalue weighted by Crippen LogP contribution is -2.47. The first kappa shape index (κ1) is 19.0. The molecule has 0 aliphatic carbocycles. The van der Waals surface area contributed by atoms with Gasteiger partial charge in [0.15, 0.2) is 17.6 Å². The largest absolute Gasteiger partial charge is 0.486 e. The SMILES string of the molecule is CC(Oc1ccc(F)cc1Br)C(=O)NNC(=O)c1ccc2c(c1)OCCO2. The van der Waals surface area contributed by atoms with Crippen LogP contribution in [0.3, 0.4) is 0 Å². The van der Waals surface area contributed by atoms with E-state index < -0.39 is 23.7 Å². The van der Waals surface area contributed by atoms with Gasteiger partial charge in [0.2, 0.25) is 0 Å². The van der Waals surface area contributed by atoms with E-state index in [1.807, 2.05) is 0 Å². The zero-order valence-corrected chi connectivity index (χ0v) is 15.8. The van der Waals surface area contributed by atoms with Crippen LogP contribution in [-0.4, -0.2) is 31.1 Å². The first-order valence-corrected chi connectivity index (χ1v) is 8.85. The van der Waals surface area contributed by atoms with E-state index in [9.17, 15) is 14.0 Å². The van der Waals surface area contributed by atoms with Gasteiger partial charge in [0.25, 0.3) is 11.8 Å². The van der Waals surface area contributed by atoms with Crippen LogP contribution in [0.15, 0.2) is 40.9 Å². The summed E-state index contributed by atoms with van der Waals surface area (Å²) in [4.78, 5) is 24.3. The molecule has 1 unspecified atom stereocenters. The summed E-state index contributed by atoms with van der Waals surface area (Å²) < 4.78 is 29.7. The molecular formula is C18H16BrFN2O5. The van der Waals surface area contributed by atoms with E-state index in [0.717, 1.165) is 0 Å². The molecule has 0 saturated heterocycles. The highest BCUT2D eigenvalue weighted by molar-refractivity contribution is 9.10. The number of halogens is 2. The van der Waals surface area contributed by atoms with Gasteiger partial charge in [-0.15, -0.1) is 0 Å². The Morgan fingerprint density at radius 3 is 2.59 bits per heavy atom. The Bertz CT molecular complexity index is 877. The molecule has 2 aromatic rings. The lowest BCUT2D eigenvalue weighted by molar-refractivity contribution is -0.128. The van der Waals surface area contributed by atoms with Crippen molar-refractivity contribution in [3.8, 4) is 17.2 Å². The quantitative estimate of drug-likeness (QED) is 0.716. The Labute approximate surface area is 162 Å². The van der Waals surface area contributed by atoms with Crippen molar-refractivity contribution in [1.29, 1.82) is 0 Å². The molecule has 2 amide bonds. The molecule has 0 spiro atoms. The molecule has 0 fully saturated rings. The highest BCUT2D eigenvalue weighted by Gasteiger charge is 2.19. The predicted octanol–water partition coefficient (Wildman–Crippen LogP) is 2.59. The molecule has 2 N–H and O–H groups in total. The molecule has 142 valence electrons. The number of benzene rings is 2. The van der Waals surface area contributed by atoms with Gasteiger partial charge in [0.05, 0.1) is 4.47 Å². The molecule has 9 heteroatoms. The third-order valence-corrected chi connectivity index (χ3v) is 4.29. The van der Waals surface area contributed by atoms with Gasteiger partial charge in [0, 0.05) is 5.56 Å². The summed E-state index contributed by atoms with van der Waals surface area (Å²) in [5, 5.41) is 0. The van der Waals surface area contributed by atoms with Gasteiger partial charge in [-0.1, -0.05) is 0 Å². The van der Waals surface area contributed by atoms with Crippen molar-refractivity contribution in [3.05, 3.63) is 52.3 Å². The number of hydrazine groups is 1. The summed E-state index contributed by atoms with van der Waals surface area (Å²) in [5.41, 5.74) is 4.90. The maximum absolute atomic E-state index is 13.1. The third-order valence-electron chi connectivity index (χ3n) is 3.67. The second-order valence-corrected chi connectivity index (χ2v) is 6.49. The van der Waals surface area contributed by atoms with Crippen molar-refractivity contribution < 1.29 is 28.2 Å². The number of carbonyl (C=O) groups excluding carboxylic acids is 2. The molecule has 1 atom stereocenters. The Kier molecular flexibility index (Phi) is 5.80.